The van der Waals surface area contributed by atoms with Gasteiger partial charge in [-0.2, -0.15) is 0 Å². The quantitative estimate of drug-likeness (QED) is 0.648. The first-order valence-corrected chi connectivity index (χ1v) is 4.10. The predicted molar refractivity (Wildman–Crippen MR) is 47.0 cm³/mol. The molecule has 0 aliphatic carbocycles. The van der Waals surface area contributed by atoms with Crippen LogP contribution in [0.4, 0.5) is 0 Å². The largest absolute Gasteiger partial charge is 0.870 e. The summed E-state index contributed by atoms with van der Waals surface area (Å²) in [5.74, 6) is 0. The number of hydrogen-bond donors (Lipinski definition) is 0. The average Bonchev–Trinajstić information content (AvgIpc) is 2.27. The molecular formula is C8H8BrNO2. The monoisotopic (exact) mass is 229 g/mol. The van der Waals surface area contributed by atoms with Crippen LogP contribution in [0.5, 0.6) is 0 Å². The first-order valence-electron chi connectivity index (χ1n) is 3.31. The van der Waals surface area contributed by atoms with E-state index in [2.05, 4.69) is 15.9 Å². The summed E-state index contributed by atoms with van der Waals surface area (Å²) in [6, 6.07) is 5.93. The maximum Gasteiger partial charge on any atom is 0.227 e. The fourth-order valence-corrected chi connectivity index (χ4v) is 1.46. The Bertz CT molecular complexity index is 397. The van der Waals surface area contributed by atoms with Crippen LogP contribution in [0.25, 0.3) is 11.0 Å². The van der Waals surface area contributed by atoms with E-state index in [0.29, 0.717) is 0 Å². The lowest BCUT2D eigenvalue weighted by atomic mass is 10.3. The molecule has 0 radical (unpaired) electrons. The summed E-state index contributed by atoms with van der Waals surface area (Å²) in [4.78, 5) is 0. The van der Waals surface area contributed by atoms with Gasteiger partial charge in [0.2, 0.25) is 11.8 Å². The van der Waals surface area contributed by atoms with Crippen molar-refractivity contribution in [3.8, 4) is 0 Å². The summed E-state index contributed by atoms with van der Waals surface area (Å²) < 4.78 is 8.09. The molecule has 2 aromatic rings. The van der Waals surface area contributed by atoms with Crippen LogP contribution in [0.3, 0.4) is 0 Å². The molecule has 0 saturated heterocycles. The molecule has 12 heavy (non-hydrogen) atoms. The van der Waals surface area contributed by atoms with E-state index in [-0.39, 0.29) is 5.48 Å². The van der Waals surface area contributed by atoms with Gasteiger partial charge in [0.1, 0.15) is 0 Å². The molecule has 0 amide bonds. The zero-order chi connectivity index (χ0) is 7.84. The first-order chi connectivity index (χ1) is 5.25. The minimum absolute atomic E-state index is 0. The van der Waals surface area contributed by atoms with E-state index >= 15 is 0 Å². The zero-order valence-corrected chi connectivity index (χ0v) is 8.08. The normalized spacial score (nSPS) is 9.83. The molecule has 0 aliphatic rings. The number of benzene rings is 1. The van der Waals surface area contributed by atoms with Gasteiger partial charge in [0.15, 0.2) is 7.05 Å². The van der Waals surface area contributed by atoms with E-state index < -0.39 is 0 Å². The molecule has 3 nitrogen and oxygen atoms in total. The van der Waals surface area contributed by atoms with Gasteiger partial charge in [-0.1, -0.05) is 15.9 Å². The highest BCUT2D eigenvalue weighted by molar-refractivity contribution is 9.10. The molecule has 0 bridgehead atoms. The number of hydrogen-bond acceptors (Lipinski definition) is 2. The smallest absolute Gasteiger partial charge is 0.227 e. The molecule has 0 atom stereocenters. The van der Waals surface area contributed by atoms with E-state index in [1.165, 1.54) is 0 Å². The van der Waals surface area contributed by atoms with Crippen LogP contribution in [0.2, 0.25) is 0 Å². The Morgan fingerprint density at radius 1 is 1.42 bits per heavy atom. The van der Waals surface area contributed by atoms with Crippen molar-refractivity contribution in [3.63, 3.8) is 0 Å². The molecule has 2 rings (SSSR count). The maximum absolute atomic E-state index is 5.32. The molecule has 0 spiro atoms. The predicted octanol–water partition coefficient (Wildman–Crippen LogP) is 1.84. The highest BCUT2D eigenvalue weighted by atomic mass is 79.9. The van der Waals surface area contributed by atoms with Gasteiger partial charge >= 0.3 is 0 Å². The molecule has 1 aromatic heterocycles. The van der Waals surface area contributed by atoms with Gasteiger partial charge in [-0.25, -0.2) is 4.52 Å². The third-order valence-corrected chi connectivity index (χ3v) is 2.03. The van der Waals surface area contributed by atoms with Crippen molar-refractivity contribution in [3.05, 3.63) is 28.9 Å². The summed E-state index contributed by atoms with van der Waals surface area (Å²) in [6.45, 7) is 0. The van der Waals surface area contributed by atoms with Gasteiger partial charge < -0.3 is 5.48 Å². The summed E-state index contributed by atoms with van der Waals surface area (Å²) >= 11 is 3.39. The second-order valence-corrected chi connectivity index (χ2v) is 3.36. The Balaban J connectivity index is 0.000000720. The van der Waals surface area contributed by atoms with E-state index in [4.69, 9.17) is 4.52 Å². The molecule has 0 aliphatic heterocycles. The summed E-state index contributed by atoms with van der Waals surface area (Å²) in [5.41, 5.74) is 0.913. The van der Waals surface area contributed by atoms with Crippen LogP contribution in [0, 0.1) is 0 Å². The Labute approximate surface area is 78.0 Å². The number of aromatic nitrogens is 1. The lowest BCUT2D eigenvalue weighted by molar-refractivity contribution is -0.841. The van der Waals surface area contributed by atoms with Crippen LogP contribution in [0.1, 0.15) is 0 Å². The van der Waals surface area contributed by atoms with Gasteiger partial charge in [-0.15, -0.1) is 0 Å². The molecular weight excluding hydrogens is 222 g/mol. The Morgan fingerprint density at radius 2 is 2.17 bits per heavy atom. The minimum atomic E-state index is 0. The van der Waals surface area contributed by atoms with Gasteiger partial charge in [0.25, 0.3) is 0 Å². The van der Waals surface area contributed by atoms with Crippen LogP contribution in [0.15, 0.2) is 33.4 Å². The van der Waals surface area contributed by atoms with Crippen molar-refractivity contribution >= 4 is 26.9 Å². The highest BCUT2D eigenvalue weighted by Crippen LogP contribution is 2.17. The van der Waals surface area contributed by atoms with E-state index in [1.807, 2.05) is 31.4 Å². The second kappa shape index (κ2) is 3.25. The highest BCUT2D eigenvalue weighted by Gasteiger charge is 2.05. The van der Waals surface area contributed by atoms with Crippen molar-refractivity contribution in [1.82, 2.24) is 0 Å². The average molecular weight is 230 g/mol. The van der Waals surface area contributed by atoms with Gasteiger partial charge in [-0.05, 0) is 22.9 Å². The first kappa shape index (κ1) is 9.22. The Kier molecular flexibility index (Phi) is 2.49. The molecule has 64 valence electrons. The van der Waals surface area contributed by atoms with Crippen molar-refractivity contribution in [2.24, 2.45) is 7.05 Å². The third kappa shape index (κ3) is 1.49. The number of fused-ring (bicyclic) bond motifs is 1. The third-order valence-electron chi connectivity index (χ3n) is 1.54. The maximum atomic E-state index is 5.32. The van der Waals surface area contributed by atoms with Gasteiger partial charge in [0.05, 0.1) is 5.39 Å². The standard InChI is InChI=1S/C8H7BrNO.H2O/c1-10-5-6-4-7(9)2-3-8(6)11-10;/h2-5H,1H3;1H2/q+1;/p-1. The molecule has 1 aromatic carbocycles. The van der Waals surface area contributed by atoms with Crippen molar-refractivity contribution in [2.45, 2.75) is 0 Å². The number of rotatable bonds is 0. The number of aryl methyl sites for hydroxylation is 1. The number of halogens is 1. The minimum Gasteiger partial charge on any atom is -0.870 e. The number of nitrogens with zero attached hydrogens (tertiary/aromatic N) is 1. The fourth-order valence-electron chi connectivity index (χ4n) is 1.08. The lowest BCUT2D eigenvalue weighted by Gasteiger charge is -1.83. The van der Waals surface area contributed by atoms with Crippen LogP contribution in [-0.2, 0) is 7.05 Å². The van der Waals surface area contributed by atoms with Crippen LogP contribution >= 0.6 is 15.9 Å². The molecule has 1 heterocycles. The van der Waals surface area contributed by atoms with Crippen molar-refractivity contribution < 1.29 is 14.7 Å². The van der Waals surface area contributed by atoms with Crippen molar-refractivity contribution in [2.75, 3.05) is 0 Å². The second-order valence-electron chi connectivity index (χ2n) is 2.45. The summed E-state index contributed by atoms with van der Waals surface area (Å²) in [7, 11) is 1.87. The zero-order valence-electron chi connectivity index (χ0n) is 6.49. The van der Waals surface area contributed by atoms with Gasteiger partial charge in [0, 0.05) is 4.47 Å². The Hall–Kier alpha value is -0.870. The van der Waals surface area contributed by atoms with Crippen molar-refractivity contribution in [1.29, 1.82) is 0 Å². The molecule has 0 saturated carbocycles. The summed E-state index contributed by atoms with van der Waals surface area (Å²) in [5, 5.41) is 1.11. The summed E-state index contributed by atoms with van der Waals surface area (Å²) in [6.07, 6.45) is 1.94. The Morgan fingerprint density at radius 3 is 2.92 bits per heavy atom. The molecule has 0 fully saturated rings. The van der Waals surface area contributed by atoms with Gasteiger partial charge in [-0.3, -0.25) is 0 Å². The van der Waals surface area contributed by atoms with E-state index in [9.17, 15) is 0 Å². The molecule has 4 heteroatoms. The molecule has 0 unspecified atom stereocenters. The topological polar surface area (TPSA) is 47.0 Å². The van der Waals surface area contributed by atoms with Crippen LogP contribution in [-0.4, -0.2) is 5.48 Å². The lowest BCUT2D eigenvalue weighted by Crippen LogP contribution is -2.22. The molecule has 1 N–H and O–H groups in total. The van der Waals surface area contributed by atoms with E-state index in [1.54, 1.807) is 4.74 Å². The SMILES string of the molecule is C[n+]1cc2cc(Br)ccc2o1.[OH-]. The van der Waals surface area contributed by atoms with Crippen LogP contribution < -0.4 is 4.74 Å². The van der Waals surface area contributed by atoms with E-state index in [0.717, 1.165) is 15.4 Å². The fraction of sp³-hybridized carbons (Fsp3) is 0.125.